The van der Waals surface area contributed by atoms with Gasteiger partial charge in [-0.3, -0.25) is 13.5 Å². The molecule has 0 atom stereocenters. The summed E-state index contributed by atoms with van der Waals surface area (Å²) in [7, 11) is 0. The highest BCUT2D eigenvalue weighted by Crippen LogP contribution is 2.11. The molecule has 4 nitrogen and oxygen atoms in total. The van der Waals surface area contributed by atoms with Crippen LogP contribution >= 0.6 is 23.1 Å². The number of aliphatic carboxylic acids is 1. The van der Waals surface area contributed by atoms with Crippen LogP contribution in [-0.2, 0) is 11.3 Å². The Hall–Kier alpha value is -0.810. The van der Waals surface area contributed by atoms with Crippen molar-refractivity contribution in [2.45, 2.75) is 6.54 Å². The van der Waals surface area contributed by atoms with Gasteiger partial charge >= 0.3 is 5.97 Å². The van der Waals surface area contributed by atoms with E-state index in [9.17, 15) is 9.59 Å². The fourth-order valence-electron chi connectivity index (χ4n) is 0.579. The van der Waals surface area contributed by atoms with Crippen molar-refractivity contribution in [1.82, 2.24) is 3.96 Å². The third-order valence-corrected chi connectivity index (χ3v) is 2.10. The van der Waals surface area contributed by atoms with Gasteiger partial charge in [-0.15, -0.1) is 0 Å². The molecule has 0 saturated carbocycles. The van der Waals surface area contributed by atoms with E-state index in [0.717, 1.165) is 15.5 Å². The molecule has 0 fully saturated rings. The molecule has 0 aliphatic carbocycles. The first-order chi connectivity index (χ1) is 5.09. The highest BCUT2D eigenvalue weighted by atomic mass is 35.5. The van der Waals surface area contributed by atoms with Gasteiger partial charge in [0.05, 0.1) is 0 Å². The highest BCUT2D eigenvalue weighted by molar-refractivity contribution is 7.11. The first kappa shape index (κ1) is 8.29. The SMILES string of the molecule is O=C(O)Cn1sc(Cl)cc1=O. The van der Waals surface area contributed by atoms with Gasteiger partial charge in [-0.2, -0.15) is 0 Å². The van der Waals surface area contributed by atoms with Crippen molar-refractivity contribution in [2.24, 2.45) is 0 Å². The van der Waals surface area contributed by atoms with E-state index in [4.69, 9.17) is 16.7 Å². The molecule has 0 aliphatic heterocycles. The molecule has 60 valence electrons. The lowest BCUT2D eigenvalue weighted by Crippen LogP contribution is -2.17. The molecule has 1 aromatic heterocycles. The predicted octanol–water partition coefficient (Wildman–Crippen LogP) is 0.648. The van der Waals surface area contributed by atoms with E-state index in [1.807, 2.05) is 0 Å². The summed E-state index contributed by atoms with van der Waals surface area (Å²) in [5, 5.41) is 8.30. The molecule has 11 heavy (non-hydrogen) atoms. The lowest BCUT2D eigenvalue weighted by Gasteiger charge is -1.91. The van der Waals surface area contributed by atoms with Crippen molar-refractivity contribution in [2.75, 3.05) is 0 Å². The van der Waals surface area contributed by atoms with Crippen molar-refractivity contribution in [1.29, 1.82) is 0 Å². The number of rotatable bonds is 2. The molecule has 0 radical (unpaired) electrons. The average molecular weight is 194 g/mol. The Morgan fingerprint density at radius 2 is 2.45 bits per heavy atom. The number of carboxylic acids is 1. The maximum Gasteiger partial charge on any atom is 0.324 e. The predicted molar refractivity (Wildman–Crippen MR) is 41.2 cm³/mol. The van der Waals surface area contributed by atoms with Gasteiger partial charge in [0.2, 0.25) is 0 Å². The minimum atomic E-state index is -1.05. The number of carboxylic acid groups (broad SMARTS) is 1. The second-order valence-corrected chi connectivity index (χ2v) is 3.50. The summed E-state index contributed by atoms with van der Waals surface area (Å²) < 4.78 is 1.38. The number of hydrogen-bond acceptors (Lipinski definition) is 3. The highest BCUT2D eigenvalue weighted by Gasteiger charge is 2.04. The van der Waals surface area contributed by atoms with Crippen LogP contribution in [0.15, 0.2) is 10.9 Å². The molecule has 1 N–H and O–H groups in total. The first-order valence-corrected chi connectivity index (χ1v) is 3.83. The molecule has 0 aliphatic rings. The third kappa shape index (κ3) is 2.06. The van der Waals surface area contributed by atoms with Crippen LogP contribution in [-0.4, -0.2) is 15.0 Å². The van der Waals surface area contributed by atoms with Crippen molar-refractivity contribution in [3.05, 3.63) is 20.8 Å². The Morgan fingerprint density at radius 3 is 2.82 bits per heavy atom. The Bertz CT molecular complexity index is 329. The van der Waals surface area contributed by atoms with E-state index in [2.05, 4.69) is 0 Å². The lowest BCUT2D eigenvalue weighted by molar-refractivity contribution is -0.137. The van der Waals surface area contributed by atoms with Gasteiger partial charge in [-0.05, 0) is 11.5 Å². The first-order valence-electron chi connectivity index (χ1n) is 2.68. The van der Waals surface area contributed by atoms with Gasteiger partial charge in [0.25, 0.3) is 5.56 Å². The van der Waals surface area contributed by atoms with Crippen LogP contribution in [0, 0.1) is 0 Å². The van der Waals surface area contributed by atoms with E-state index in [-0.39, 0.29) is 12.1 Å². The zero-order chi connectivity index (χ0) is 8.43. The Kier molecular flexibility index (Phi) is 2.31. The second kappa shape index (κ2) is 3.06. The molecule has 0 spiro atoms. The number of carbonyl (C=O) groups is 1. The monoisotopic (exact) mass is 193 g/mol. The van der Waals surface area contributed by atoms with Crippen molar-refractivity contribution in [3.8, 4) is 0 Å². The van der Waals surface area contributed by atoms with E-state index in [1.54, 1.807) is 0 Å². The van der Waals surface area contributed by atoms with E-state index in [1.165, 1.54) is 6.07 Å². The molecule has 0 saturated heterocycles. The molecule has 1 rings (SSSR count). The minimum absolute atomic E-state index is 0.302. The molecule has 1 heterocycles. The summed E-state index contributed by atoms with van der Waals surface area (Å²) >= 11 is 6.39. The van der Waals surface area contributed by atoms with E-state index < -0.39 is 5.97 Å². The quantitative estimate of drug-likeness (QED) is 0.750. The maximum absolute atomic E-state index is 10.8. The van der Waals surface area contributed by atoms with Gasteiger partial charge in [0.1, 0.15) is 10.9 Å². The van der Waals surface area contributed by atoms with Gasteiger partial charge in [0.15, 0.2) is 0 Å². The number of nitrogens with zero attached hydrogens (tertiary/aromatic N) is 1. The van der Waals surface area contributed by atoms with E-state index >= 15 is 0 Å². The number of halogens is 1. The molecule has 0 bridgehead atoms. The van der Waals surface area contributed by atoms with Gasteiger partial charge < -0.3 is 5.11 Å². The molecule has 1 aromatic rings. The zero-order valence-electron chi connectivity index (χ0n) is 5.28. The Labute approximate surface area is 70.8 Å². The normalized spacial score (nSPS) is 9.91. The summed E-state index contributed by atoms with van der Waals surface area (Å²) in [4.78, 5) is 20.9. The van der Waals surface area contributed by atoms with Crippen LogP contribution in [0.3, 0.4) is 0 Å². The second-order valence-electron chi connectivity index (χ2n) is 1.81. The molecular formula is C5H4ClNO3S. The molecule has 0 amide bonds. The number of hydrogen-bond donors (Lipinski definition) is 1. The summed E-state index contributed by atoms with van der Waals surface area (Å²) in [6.07, 6.45) is 0. The topological polar surface area (TPSA) is 59.3 Å². The zero-order valence-corrected chi connectivity index (χ0v) is 6.85. The van der Waals surface area contributed by atoms with Crippen molar-refractivity contribution in [3.63, 3.8) is 0 Å². The fourth-order valence-corrected chi connectivity index (χ4v) is 1.60. The standard InChI is InChI=1S/C5H4ClNO3S/c6-3-1-4(8)7(11-3)2-5(9)10/h1H,2H2,(H,9,10). The van der Waals surface area contributed by atoms with Gasteiger partial charge in [-0.1, -0.05) is 11.6 Å². The maximum atomic E-state index is 10.8. The fraction of sp³-hybridized carbons (Fsp3) is 0.200. The lowest BCUT2D eigenvalue weighted by atomic mass is 10.6. The molecule has 6 heteroatoms. The van der Waals surface area contributed by atoms with Crippen LogP contribution in [0.4, 0.5) is 0 Å². The van der Waals surface area contributed by atoms with Gasteiger partial charge in [-0.25, -0.2) is 0 Å². The average Bonchev–Trinajstić information content (AvgIpc) is 2.09. The molecular weight excluding hydrogens is 190 g/mol. The smallest absolute Gasteiger partial charge is 0.324 e. The Morgan fingerprint density at radius 1 is 1.82 bits per heavy atom. The summed E-state index contributed by atoms with van der Waals surface area (Å²) in [5.41, 5.74) is -0.373. The summed E-state index contributed by atoms with van der Waals surface area (Å²) in [6, 6.07) is 1.19. The van der Waals surface area contributed by atoms with Crippen LogP contribution in [0.5, 0.6) is 0 Å². The molecule has 0 unspecified atom stereocenters. The van der Waals surface area contributed by atoms with Crippen LogP contribution in [0.1, 0.15) is 0 Å². The summed E-state index contributed by atoms with van der Waals surface area (Å²) in [6.45, 7) is -0.323. The van der Waals surface area contributed by atoms with Crippen molar-refractivity contribution >= 4 is 29.1 Å². The van der Waals surface area contributed by atoms with Crippen LogP contribution in [0.25, 0.3) is 0 Å². The van der Waals surface area contributed by atoms with E-state index in [0.29, 0.717) is 4.34 Å². The third-order valence-electron chi connectivity index (χ3n) is 0.959. The van der Waals surface area contributed by atoms with Gasteiger partial charge in [0, 0.05) is 6.07 Å². The number of aromatic nitrogens is 1. The Balaban J connectivity index is 2.95. The van der Waals surface area contributed by atoms with Crippen molar-refractivity contribution < 1.29 is 9.90 Å². The minimum Gasteiger partial charge on any atom is -0.480 e. The molecule has 0 aromatic carbocycles. The summed E-state index contributed by atoms with van der Waals surface area (Å²) in [5.74, 6) is -1.05. The largest absolute Gasteiger partial charge is 0.480 e. The van der Waals surface area contributed by atoms with Crippen LogP contribution < -0.4 is 5.56 Å². The van der Waals surface area contributed by atoms with Crippen LogP contribution in [0.2, 0.25) is 4.34 Å².